The smallest absolute Gasteiger partial charge is 0.146 e. The average molecular weight is 811 g/mol. The van der Waals surface area contributed by atoms with Crippen LogP contribution in [0.4, 0.5) is 34.1 Å². The van der Waals surface area contributed by atoms with Crippen LogP contribution >= 0.6 is 0 Å². The van der Waals surface area contributed by atoms with Crippen LogP contribution in [-0.2, 0) is 16.2 Å². The Morgan fingerprint density at radius 2 is 1.03 bits per heavy atom. The van der Waals surface area contributed by atoms with E-state index < -0.39 is 0 Å². The Morgan fingerprint density at radius 3 is 1.61 bits per heavy atom. The Bertz CT molecular complexity index is 2960. The maximum absolute atomic E-state index is 5.72. The van der Waals surface area contributed by atoms with E-state index in [0.717, 1.165) is 34.1 Å². The van der Waals surface area contributed by atoms with Gasteiger partial charge in [0.1, 0.15) is 5.82 Å². The molecule has 0 bridgehead atoms. The van der Waals surface area contributed by atoms with E-state index in [-0.39, 0.29) is 22.2 Å². The second-order valence-corrected chi connectivity index (χ2v) is 20.7. The van der Waals surface area contributed by atoms with E-state index >= 15 is 0 Å². The van der Waals surface area contributed by atoms with E-state index in [1.54, 1.807) is 0 Å². The van der Waals surface area contributed by atoms with Gasteiger partial charge in [0.05, 0.1) is 33.8 Å². The molecule has 10 rings (SSSR count). The van der Waals surface area contributed by atoms with Crippen LogP contribution in [0.25, 0.3) is 28.1 Å². The SMILES string of the molecule is Cc1cccc(C)c1-c1nc2cc(C(C)(C)C)cc3c2n1-c1cc(N(c2ccccc2)c2ccccc2)cc2c1C3c1cc(C(C)(C)C)ccc1N2c1ccc(C(C)(C)C)cc1. The Labute approximate surface area is 368 Å². The standard InChI is InChI=1S/C58H58N4/c1-36-19-18-20-37(2)51(36)55-59-47-33-40(58(9,10)11)32-46-52-45-31-39(57(6,7)8)27-30-48(45)61(43-28-25-38(26-29-43)56(3,4)5)49-34-44(35-50(53(49)52)62(55)54(46)47)60(41-21-14-12-15-22-41)42-23-16-13-17-24-42/h12-35,52H,1-11H3. The minimum absolute atomic E-state index is 0.0291. The normalized spacial score (nSPS) is 14.5. The predicted molar refractivity (Wildman–Crippen MR) is 262 cm³/mol. The number of fused-ring (bicyclic) bond motifs is 4. The second kappa shape index (κ2) is 14.1. The fourth-order valence-corrected chi connectivity index (χ4v) is 9.92. The average Bonchev–Trinajstić information content (AvgIpc) is 3.61. The zero-order valence-corrected chi connectivity index (χ0v) is 38.2. The van der Waals surface area contributed by atoms with Crippen LogP contribution < -0.4 is 9.80 Å². The number of aromatic nitrogens is 2. The molecule has 0 N–H and O–H groups in total. The molecule has 8 aromatic rings. The van der Waals surface area contributed by atoms with Crippen molar-refractivity contribution < 1.29 is 0 Å². The summed E-state index contributed by atoms with van der Waals surface area (Å²) in [4.78, 5) is 10.7. The molecule has 0 aliphatic carbocycles. The van der Waals surface area contributed by atoms with Crippen molar-refractivity contribution in [2.24, 2.45) is 0 Å². The summed E-state index contributed by atoms with van der Waals surface area (Å²) in [5.41, 5.74) is 21.7. The first kappa shape index (κ1) is 39.7. The van der Waals surface area contributed by atoms with E-state index in [4.69, 9.17) is 4.98 Å². The molecule has 0 fully saturated rings. The number of rotatable bonds is 5. The third-order valence-corrected chi connectivity index (χ3v) is 13.3. The monoisotopic (exact) mass is 810 g/mol. The largest absolute Gasteiger partial charge is 0.310 e. The van der Waals surface area contributed by atoms with Gasteiger partial charge in [-0.15, -0.1) is 0 Å². The summed E-state index contributed by atoms with van der Waals surface area (Å²) in [6.45, 7) is 25.3. The zero-order valence-electron chi connectivity index (χ0n) is 38.2. The summed E-state index contributed by atoms with van der Waals surface area (Å²) in [6.07, 6.45) is 0. The van der Waals surface area contributed by atoms with E-state index in [1.807, 2.05) is 0 Å². The van der Waals surface area contributed by atoms with Gasteiger partial charge in [-0.25, -0.2) is 4.98 Å². The van der Waals surface area contributed by atoms with Crippen LogP contribution in [0, 0.1) is 13.8 Å². The summed E-state index contributed by atoms with van der Waals surface area (Å²) < 4.78 is 2.53. The molecule has 0 radical (unpaired) electrons. The highest BCUT2D eigenvalue weighted by molar-refractivity contribution is 5.99. The molecule has 2 aliphatic rings. The number of benzene rings is 7. The highest BCUT2D eigenvalue weighted by Gasteiger charge is 2.42. The van der Waals surface area contributed by atoms with Gasteiger partial charge in [0.2, 0.25) is 0 Å². The minimum atomic E-state index is -0.0857. The highest BCUT2D eigenvalue weighted by atomic mass is 15.2. The van der Waals surface area contributed by atoms with Crippen LogP contribution in [0.5, 0.6) is 0 Å². The third-order valence-electron chi connectivity index (χ3n) is 13.3. The summed E-state index contributed by atoms with van der Waals surface area (Å²) in [6, 6.07) is 54.6. The van der Waals surface area contributed by atoms with E-state index in [0.29, 0.717) is 0 Å². The second-order valence-electron chi connectivity index (χ2n) is 20.7. The first-order valence-electron chi connectivity index (χ1n) is 22.3. The van der Waals surface area contributed by atoms with Gasteiger partial charge in [0.15, 0.2) is 0 Å². The zero-order chi connectivity index (χ0) is 43.5. The molecule has 310 valence electrons. The molecule has 0 saturated carbocycles. The Hall–Kier alpha value is -6.39. The fourth-order valence-electron chi connectivity index (χ4n) is 9.92. The van der Waals surface area contributed by atoms with Crippen molar-refractivity contribution in [1.29, 1.82) is 0 Å². The van der Waals surface area contributed by atoms with Gasteiger partial charge in [-0.1, -0.05) is 147 Å². The number of anilines is 6. The molecule has 0 saturated heterocycles. The van der Waals surface area contributed by atoms with Crippen LogP contribution in [0.3, 0.4) is 0 Å². The lowest BCUT2D eigenvalue weighted by Gasteiger charge is -2.43. The van der Waals surface area contributed by atoms with E-state index in [9.17, 15) is 0 Å². The Morgan fingerprint density at radius 1 is 0.484 bits per heavy atom. The summed E-state index contributed by atoms with van der Waals surface area (Å²) >= 11 is 0. The van der Waals surface area contributed by atoms with Gasteiger partial charge in [-0.05, 0) is 130 Å². The molecule has 62 heavy (non-hydrogen) atoms. The molecule has 1 aromatic heterocycles. The number of para-hydroxylation sites is 2. The van der Waals surface area contributed by atoms with Crippen LogP contribution in [-0.4, -0.2) is 9.55 Å². The third kappa shape index (κ3) is 6.37. The van der Waals surface area contributed by atoms with Gasteiger partial charge >= 0.3 is 0 Å². The lowest BCUT2D eigenvalue weighted by molar-refractivity contribution is 0.588. The number of imidazole rings is 1. The van der Waals surface area contributed by atoms with Crippen LogP contribution in [0.2, 0.25) is 0 Å². The van der Waals surface area contributed by atoms with Crippen molar-refractivity contribution in [2.75, 3.05) is 9.80 Å². The number of aryl methyl sites for hydroxylation is 2. The predicted octanol–water partition coefficient (Wildman–Crippen LogP) is 15.9. The van der Waals surface area contributed by atoms with E-state index in [1.165, 1.54) is 72.6 Å². The topological polar surface area (TPSA) is 24.3 Å². The van der Waals surface area contributed by atoms with Crippen LogP contribution in [0.1, 0.15) is 113 Å². The van der Waals surface area contributed by atoms with Gasteiger partial charge in [0, 0.05) is 34.1 Å². The molecular weight excluding hydrogens is 753 g/mol. The summed E-state index contributed by atoms with van der Waals surface area (Å²) in [5.74, 6) is 0.958. The molecule has 4 nitrogen and oxygen atoms in total. The lowest BCUT2D eigenvalue weighted by atomic mass is 9.73. The minimum Gasteiger partial charge on any atom is -0.310 e. The van der Waals surface area contributed by atoms with E-state index in [2.05, 4.69) is 236 Å². The number of hydrogen-bond acceptors (Lipinski definition) is 3. The van der Waals surface area contributed by atoms with Crippen molar-refractivity contribution in [3.05, 3.63) is 190 Å². The van der Waals surface area contributed by atoms with Crippen molar-refractivity contribution in [1.82, 2.24) is 9.55 Å². The maximum atomic E-state index is 5.72. The number of nitrogens with zero attached hydrogens (tertiary/aromatic N) is 4. The molecule has 1 atom stereocenters. The van der Waals surface area contributed by atoms with Crippen molar-refractivity contribution in [3.63, 3.8) is 0 Å². The molecule has 3 heterocycles. The quantitative estimate of drug-likeness (QED) is 0.173. The molecule has 2 aliphatic heterocycles. The highest BCUT2D eigenvalue weighted by Crippen LogP contribution is 2.59. The molecule has 4 heteroatoms. The van der Waals surface area contributed by atoms with Crippen molar-refractivity contribution in [2.45, 2.75) is 98.3 Å². The van der Waals surface area contributed by atoms with Gasteiger partial charge < -0.3 is 9.80 Å². The molecule has 7 aromatic carbocycles. The summed E-state index contributed by atoms with van der Waals surface area (Å²) in [7, 11) is 0. The molecular formula is C58H58N4. The Kier molecular flexibility index (Phi) is 9.02. The Balaban J connectivity index is 1.40. The van der Waals surface area contributed by atoms with Crippen molar-refractivity contribution in [3.8, 4) is 17.1 Å². The molecule has 1 unspecified atom stereocenters. The molecule has 0 spiro atoms. The van der Waals surface area contributed by atoms with Gasteiger partial charge in [-0.2, -0.15) is 0 Å². The fraction of sp³-hybridized carbons (Fsp3) is 0.259. The lowest BCUT2D eigenvalue weighted by Crippen LogP contribution is -2.28. The first-order chi connectivity index (χ1) is 29.5. The summed E-state index contributed by atoms with van der Waals surface area (Å²) in [5, 5.41) is 0. The van der Waals surface area contributed by atoms with Crippen molar-refractivity contribution >= 4 is 45.2 Å². The number of hydrogen-bond donors (Lipinski definition) is 0. The molecule has 0 amide bonds. The van der Waals surface area contributed by atoms with Crippen LogP contribution in [0.15, 0.2) is 146 Å². The van der Waals surface area contributed by atoms with Gasteiger partial charge in [0.25, 0.3) is 0 Å². The first-order valence-corrected chi connectivity index (χ1v) is 22.3. The maximum Gasteiger partial charge on any atom is 0.146 e. The van der Waals surface area contributed by atoms with Gasteiger partial charge in [-0.3, -0.25) is 4.57 Å².